The average molecular weight is 457 g/mol. The van der Waals surface area contributed by atoms with Crippen molar-refractivity contribution in [3.63, 3.8) is 0 Å². The third-order valence-electron chi connectivity index (χ3n) is 6.44. The first-order valence-electron chi connectivity index (χ1n) is 12.2. The maximum atomic E-state index is 13.8. The van der Waals surface area contributed by atoms with Crippen molar-refractivity contribution in [1.82, 2.24) is 10.2 Å². The Labute approximate surface area is 204 Å². The second kappa shape index (κ2) is 12.7. The minimum Gasteiger partial charge on any atom is -0.352 e. The number of nitrogens with zero attached hydrogens (tertiary/aromatic N) is 1. The van der Waals surface area contributed by atoms with Gasteiger partial charge in [-0.1, -0.05) is 97.9 Å². The summed E-state index contributed by atoms with van der Waals surface area (Å²) in [4.78, 5) is 28.5. The predicted octanol–water partition coefficient (Wildman–Crippen LogP) is 5.58. The van der Waals surface area contributed by atoms with E-state index in [9.17, 15) is 9.59 Å². The van der Waals surface area contributed by atoms with Gasteiger partial charge in [0.05, 0.1) is 0 Å². The molecule has 3 aromatic carbocycles. The van der Waals surface area contributed by atoms with Crippen LogP contribution in [-0.2, 0) is 16.0 Å². The molecule has 2 amide bonds. The van der Waals surface area contributed by atoms with Crippen LogP contribution in [0.5, 0.6) is 0 Å². The van der Waals surface area contributed by atoms with E-state index < -0.39 is 6.04 Å². The summed E-state index contributed by atoms with van der Waals surface area (Å²) in [7, 11) is 0. The highest BCUT2D eigenvalue weighted by Crippen LogP contribution is 2.29. The topological polar surface area (TPSA) is 49.4 Å². The van der Waals surface area contributed by atoms with Crippen LogP contribution in [0.2, 0.25) is 0 Å². The molecule has 0 aliphatic carbocycles. The lowest BCUT2D eigenvalue weighted by molar-refractivity contribution is -0.140. The fourth-order valence-corrected chi connectivity index (χ4v) is 4.13. The predicted molar refractivity (Wildman–Crippen MR) is 139 cm³/mol. The van der Waals surface area contributed by atoms with Gasteiger partial charge in [0.15, 0.2) is 0 Å². The lowest BCUT2D eigenvalue weighted by Gasteiger charge is -2.31. The molecule has 0 saturated carbocycles. The van der Waals surface area contributed by atoms with Crippen molar-refractivity contribution >= 4 is 11.8 Å². The molecule has 1 N–H and O–H groups in total. The van der Waals surface area contributed by atoms with E-state index in [4.69, 9.17) is 0 Å². The third kappa shape index (κ3) is 7.05. The van der Waals surface area contributed by atoms with E-state index >= 15 is 0 Å². The quantitative estimate of drug-likeness (QED) is 0.409. The first kappa shape index (κ1) is 25.2. The molecule has 0 heterocycles. The standard InChI is InChI=1S/C30H36N2O2/c1-4-23(2)31-30(34)24(3)32(21-20-25-14-8-5-9-15-25)29(33)22-28(26-16-10-6-11-17-26)27-18-12-7-13-19-27/h5-19,23-24,28H,4,20-22H2,1-3H3,(H,31,34)/t23-,24+/m1/s1. The van der Waals surface area contributed by atoms with Gasteiger partial charge in [-0.3, -0.25) is 9.59 Å². The molecule has 0 aromatic heterocycles. The molecule has 0 fully saturated rings. The summed E-state index contributed by atoms with van der Waals surface area (Å²) in [5.74, 6) is -0.189. The maximum absolute atomic E-state index is 13.8. The van der Waals surface area contributed by atoms with Crippen LogP contribution in [0.3, 0.4) is 0 Å². The van der Waals surface area contributed by atoms with Crippen molar-refractivity contribution < 1.29 is 9.59 Å². The monoisotopic (exact) mass is 456 g/mol. The Kier molecular flexibility index (Phi) is 9.45. The minimum atomic E-state index is -0.544. The molecule has 0 unspecified atom stereocenters. The van der Waals surface area contributed by atoms with E-state index in [1.807, 2.05) is 75.4 Å². The van der Waals surface area contributed by atoms with Crippen molar-refractivity contribution in [3.8, 4) is 0 Å². The van der Waals surface area contributed by atoms with E-state index in [1.54, 1.807) is 4.90 Å². The van der Waals surface area contributed by atoms with Crippen molar-refractivity contribution in [1.29, 1.82) is 0 Å². The summed E-state index contributed by atoms with van der Waals surface area (Å²) in [5.41, 5.74) is 3.35. The normalized spacial score (nSPS) is 12.7. The molecule has 34 heavy (non-hydrogen) atoms. The zero-order valence-electron chi connectivity index (χ0n) is 20.5. The van der Waals surface area contributed by atoms with Gasteiger partial charge in [-0.2, -0.15) is 0 Å². The van der Waals surface area contributed by atoms with Crippen LogP contribution in [0.25, 0.3) is 0 Å². The van der Waals surface area contributed by atoms with Gasteiger partial charge in [0.1, 0.15) is 6.04 Å². The summed E-state index contributed by atoms with van der Waals surface area (Å²) in [6.45, 7) is 6.36. The van der Waals surface area contributed by atoms with Crippen LogP contribution in [0, 0.1) is 0 Å². The molecule has 0 saturated heterocycles. The highest BCUT2D eigenvalue weighted by Gasteiger charge is 2.29. The SMILES string of the molecule is CC[C@@H](C)NC(=O)[C@H](C)N(CCc1ccccc1)C(=O)CC(c1ccccc1)c1ccccc1. The van der Waals surface area contributed by atoms with Gasteiger partial charge < -0.3 is 10.2 Å². The molecular formula is C30H36N2O2. The highest BCUT2D eigenvalue weighted by atomic mass is 16.2. The van der Waals surface area contributed by atoms with Crippen molar-refractivity contribution in [2.75, 3.05) is 6.54 Å². The zero-order valence-corrected chi connectivity index (χ0v) is 20.5. The van der Waals surface area contributed by atoms with Gasteiger partial charge in [0.2, 0.25) is 11.8 Å². The van der Waals surface area contributed by atoms with E-state index in [0.717, 1.165) is 23.1 Å². The molecule has 2 atom stereocenters. The number of rotatable bonds is 11. The van der Waals surface area contributed by atoms with Crippen LogP contribution in [0.4, 0.5) is 0 Å². The fourth-order valence-electron chi connectivity index (χ4n) is 4.13. The van der Waals surface area contributed by atoms with E-state index in [2.05, 4.69) is 41.7 Å². The molecule has 178 valence electrons. The summed E-state index contributed by atoms with van der Waals surface area (Å²) in [6.07, 6.45) is 1.86. The molecular weight excluding hydrogens is 420 g/mol. The summed E-state index contributed by atoms with van der Waals surface area (Å²) in [6, 6.07) is 29.9. The van der Waals surface area contributed by atoms with E-state index in [1.165, 1.54) is 0 Å². The number of carbonyl (C=O) groups excluding carboxylic acids is 2. The molecule has 0 aliphatic rings. The van der Waals surface area contributed by atoms with Crippen molar-refractivity contribution in [3.05, 3.63) is 108 Å². The molecule has 4 heteroatoms. The van der Waals surface area contributed by atoms with Crippen LogP contribution < -0.4 is 5.32 Å². The number of nitrogens with one attached hydrogen (secondary N) is 1. The molecule has 0 bridgehead atoms. The molecule has 0 radical (unpaired) electrons. The largest absolute Gasteiger partial charge is 0.352 e. The third-order valence-corrected chi connectivity index (χ3v) is 6.44. The molecule has 3 aromatic rings. The van der Waals surface area contributed by atoms with Crippen molar-refractivity contribution in [2.24, 2.45) is 0 Å². The number of hydrogen-bond acceptors (Lipinski definition) is 2. The van der Waals surface area contributed by atoms with Crippen LogP contribution >= 0.6 is 0 Å². The zero-order chi connectivity index (χ0) is 24.3. The van der Waals surface area contributed by atoms with E-state index in [0.29, 0.717) is 19.4 Å². The highest BCUT2D eigenvalue weighted by molar-refractivity contribution is 5.88. The van der Waals surface area contributed by atoms with Gasteiger partial charge in [-0.05, 0) is 43.4 Å². The summed E-state index contributed by atoms with van der Waals surface area (Å²) < 4.78 is 0. The molecule has 4 nitrogen and oxygen atoms in total. The Morgan fingerprint density at radius 1 is 0.794 bits per heavy atom. The Bertz CT molecular complexity index is 982. The molecule has 0 aliphatic heterocycles. The first-order valence-corrected chi connectivity index (χ1v) is 12.2. The van der Waals surface area contributed by atoms with Gasteiger partial charge in [0.25, 0.3) is 0 Å². The number of amides is 2. The summed E-state index contributed by atoms with van der Waals surface area (Å²) in [5, 5.41) is 3.05. The Hall–Kier alpha value is -3.40. The van der Waals surface area contributed by atoms with Crippen LogP contribution in [0.15, 0.2) is 91.0 Å². The Morgan fingerprint density at radius 3 is 1.79 bits per heavy atom. The Morgan fingerprint density at radius 2 is 1.29 bits per heavy atom. The minimum absolute atomic E-state index is 0.0135. The number of benzene rings is 3. The fraction of sp³-hybridized carbons (Fsp3) is 0.333. The smallest absolute Gasteiger partial charge is 0.242 e. The lowest BCUT2D eigenvalue weighted by atomic mass is 9.88. The number of carbonyl (C=O) groups is 2. The van der Waals surface area contributed by atoms with Gasteiger partial charge in [-0.15, -0.1) is 0 Å². The van der Waals surface area contributed by atoms with E-state index in [-0.39, 0.29) is 23.8 Å². The maximum Gasteiger partial charge on any atom is 0.242 e. The lowest BCUT2D eigenvalue weighted by Crippen LogP contribution is -2.50. The van der Waals surface area contributed by atoms with Crippen molar-refractivity contribution in [2.45, 2.75) is 58.0 Å². The Balaban J connectivity index is 1.85. The van der Waals surface area contributed by atoms with Gasteiger partial charge in [0, 0.05) is 24.9 Å². The van der Waals surface area contributed by atoms with Crippen LogP contribution in [0.1, 0.15) is 56.2 Å². The first-order chi connectivity index (χ1) is 16.5. The second-order valence-electron chi connectivity index (χ2n) is 8.89. The number of hydrogen-bond donors (Lipinski definition) is 1. The second-order valence-corrected chi connectivity index (χ2v) is 8.89. The molecule has 0 spiro atoms. The van der Waals surface area contributed by atoms with Gasteiger partial charge >= 0.3 is 0 Å². The van der Waals surface area contributed by atoms with Gasteiger partial charge in [-0.25, -0.2) is 0 Å². The molecule has 3 rings (SSSR count). The average Bonchev–Trinajstić information content (AvgIpc) is 2.88. The summed E-state index contributed by atoms with van der Waals surface area (Å²) >= 11 is 0. The van der Waals surface area contributed by atoms with Crippen LogP contribution in [-0.4, -0.2) is 35.3 Å².